The van der Waals surface area contributed by atoms with Crippen molar-refractivity contribution in [2.75, 3.05) is 26.2 Å². The summed E-state index contributed by atoms with van der Waals surface area (Å²) in [6, 6.07) is 5.49. The highest BCUT2D eigenvalue weighted by Gasteiger charge is 2.16. The van der Waals surface area contributed by atoms with Crippen molar-refractivity contribution in [2.45, 2.75) is 10.8 Å². The first-order chi connectivity index (χ1) is 10.3. The van der Waals surface area contributed by atoms with Gasteiger partial charge in [-0.1, -0.05) is 11.3 Å². The molecule has 7 nitrogen and oxygen atoms in total. The zero-order valence-corrected chi connectivity index (χ0v) is 14.1. The van der Waals surface area contributed by atoms with Gasteiger partial charge in [-0.2, -0.15) is 0 Å². The fourth-order valence-corrected chi connectivity index (χ4v) is 3.39. The van der Waals surface area contributed by atoms with E-state index in [2.05, 4.69) is 4.98 Å². The molecule has 1 heterocycles. The summed E-state index contributed by atoms with van der Waals surface area (Å²) in [6.07, 6.45) is 1.26. The SMILES string of the molecule is COc1ccc(OC)c(CN(C)c2ncc(S(N)(=O)=O)s2)c1. The molecule has 1 aromatic heterocycles. The number of thiazole rings is 1. The number of hydrogen-bond acceptors (Lipinski definition) is 7. The van der Waals surface area contributed by atoms with E-state index in [1.807, 2.05) is 30.1 Å². The highest BCUT2D eigenvalue weighted by Crippen LogP contribution is 2.29. The lowest BCUT2D eigenvalue weighted by atomic mass is 10.2. The van der Waals surface area contributed by atoms with Crippen molar-refractivity contribution in [1.29, 1.82) is 0 Å². The third kappa shape index (κ3) is 3.67. The Hall–Kier alpha value is -1.84. The van der Waals surface area contributed by atoms with E-state index in [-0.39, 0.29) is 4.21 Å². The molecule has 0 atom stereocenters. The fourth-order valence-electron chi connectivity index (χ4n) is 1.89. The molecule has 22 heavy (non-hydrogen) atoms. The molecule has 0 aliphatic heterocycles. The maximum atomic E-state index is 11.3. The van der Waals surface area contributed by atoms with Gasteiger partial charge in [0, 0.05) is 19.2 Å². The molecular formula is C13H17N3O4S2. The molecule has 2 aromatic rings. The molecule has 2 rings (SSSR count). The summed E-state index contributed by atoms with van der Waals surface area (Å²) >= 11 is 1.02. The zero-order chi connectivity index (χ0) is 16.3. The minimum Gasteiger partial charge on any atom is -0.497 e. The van der Waals surface area contributed by atoms with Gasteiger partial charge in [-0.05, 0) is 18.2 Å². The Balaban J connectivity index is 2.25. The topological polar surface area (TPSA) is 94.8 Å². The van der Waals surface area contributed by atoms with Crippen molar-refractivity contribution < 1.29 is 17.9 Å². The van der Waals surface area contributed by atoms with Crippen LogP contribution in [0, 0.1) is 0 Å². The van der Waals surface area contributed by atoms with Crippen molar-refractivity contribution in [3.05, 3.63) is 30.0 Å². The lowest BCUT2D eigenvalue weighted by Crippen LogP contribution is -2.16. The van der Waals surface area contributed by atoms with E-state index in [1.165, 1.54) is 6.20 Å². The summed E-state index contributed by atoms with van der Waals surface area (Å²) in [5, 5.41) is 5.64. The van der Waals surface area contributed by atoms with E-state index < -0.39 is 10.0 Å². The number of nitrogens with zero attached hydrogens (tertiary/aromatic N) is 2. The van der Waals surface area contributed by atoms with E-state index in [9.17, 15) is 8.42 Å². The van der Waals surface area contributed by atoms with Gasteiger partial charge < -0.3 is 14.4 Å². The van der Waals surface area contributed by atoms with Crippen LogP contribution in [0.3, 0.4) is 0 Å². The zero-order valence-electron chi connectivity index (χ0n) is 12.4. The second-order valence-electron chi connectivity index (χ2n) is 4.54. The summed E-state index contributed by atoms with van der Waals surface area (Å²) in [7, 11) is 1.27. The number of ether oxygens (including phenoxy) is 2. The third-order valence-corrected chi connectivity index (χ3v) is 5.49. The number of aromatic nitrogens is 1. The molecule has 0 spiro atoms. The van der Waals surface area contributed by atoms with Gasteiger partial charge in [0.15, 0.2) is 9.34 Å². The molecule has 1 aromatic carbocycles. The van der Waals surface area contributed by atoms with Crippen molar-refractivity contribution in [3.63, 3.8) is 0 Å². The molecule has 0 saturated carbocycles. The molecule has 0 unspecified atom stereocenters. The number of rotatable bonds is 6. The van der Waals surface area contributed by atoms with Gasteiger partial charge in [-0.25, -0.2) is 18.5 Å². The molecule has 0 saturated heterocycles. The molecule has 2 N–H and O–H groups in total. The monoisotopic (exact) mass is 343 g/mol. The van der Waals surface area contributed by atoms with Crippen LogP contribution in [-0.2, 0) is 16.6 Å². The predicted molar refractivity (Wildman–Crippen MR) is 85.1 cm³/mol. The van der Waals surface area contributed by atoms with Crippen molar-refractivity contribution in [2.24, 2.45) is 5.14 Å². The average molecular weight is 343 g/mol. The summed E-state index contributed by atoms with van der Waals surface area (Å²) < 4.78 is 33.2. The van der Waals surface area contributed by atoms with Gasteiger partial charge >= 0.3 is 0 Å². The smallest absolute Gasteiger partial charge is 0.249 e. The van der Waals surface area contributed by atoms with E-state index in [1.54, 1.807) is 14.2 Å². The first-order valence-corrected chi connectivity index (χ1v) is 8.62. The lowest BCUT2D eigenvalue weighted by molar-refractivity contribution is 0.398. The minimum absolute atomic E-state index is 0.0342. The van der Waals surface area contributed by atoms with E-state index in [0.717, 1.165) is 22.6 Å². The Labute approximate surface area is 133 Å². The van der Waals surface area contributed by atoms with Gasteiger partial charge in [0.1, 0.15) is 11.5 Å². The van der Waals surface area contributed by atoms with Crippen LogP contribution in [0.25, 0.3) is 0 Å². The van der Waals surface area contributed by atoms with Gasteiger partial charge in [0.2, 0.25) is 10.0 Å². The van der Waals surface area contributed by atoms with E-state index >= 15 is 0 Å². The van der Waals surface area contributed by atoms with E-state index in [4.69, 9.17) is 14.6 Å². The van der Waals surface area contributed by atoms with Gasteiger partial charge in [-0.15, -0.1) is 0 Å². The number of primary sulfonamides is 1. The van der Waals surface area contributed by atoms with Crippen LogP contribution in [0.2, 0.25) is 0 Å². The van der Waals surface area contributed by atoms with E-state index in [0.29, 0.717) is 17.4 Å². The number of sulfonamides is 1. The first-order valence-electron chi connectivity index (χ1n) is 6.26. The van der Waals surface area contributed by atoms with Gasteiger partial charge in [0.05, 0.1) is 20.4 Å². The largest absolute Gasteiger partial charge is 0.497 e. The molecular weight excluding hydrogens is 326 g/mol. The summed E-state index contributed by atoms with van der Waals surface area (Å²) in [5.74, 6) is 1.43. The summed E-state index contributed by atoms with van der Waals surface area (Å²) in [6.45, 7) is 0.484. The van der Waals surface area contributed by atoms with Crippen LogP contribution in [0.4, 0.5) is 5.13 Å². The van der Waals surface area contributed by atoms with Crippen LogP contribution in [0.15, 0.2) is 28.6 Å². The second kappa shape index (κ2) is 6.51. The third-order valence-electron chi connectivity index (χ3n) is 2.97. The summed E-state index contributed by atoms with van der Waals surface area (Å²) in [4.78, 5) is 5.91. The van der Waals surface area contributed by atoms with Gasteiger partial charge in [-0.3, -0.25) is 0 Å². The van der Waals surface area contributed by atoms with Crippen LogP contribution in [0.1, 0.15) is 5.56 Å². The Kier molecular flexibility index (Phi) is 4.89. The molecule has 0 radical (unpaired) electrons. The molecule has 0 fully saturated rings. The molecule has 0 bridgehead atoms. The number of hydrogen-bond donors (Lipinski definition) is 1. The van der Waals surface area contributed by atoms with Crippen LogP contribution in [0.5, 0.6) is 11.5 Å². The summed E-state index contributed by atoms with van der Waals surface area (Å²) in [5.41, 5.74) is 0.900. The van der Waals surface area contributed by atoms with Crippen LogP contribution < -0.4 is 19.5 Å². The lowest BCUT2D eigenvalue weighted by Gasteiger charge is -2.18. The Morgan fingerprint density at radius 2 is 2.05 bits per heavy atom. The average Bonchev–Trinajstić information content (AvgIpc) is 2.97. The predicted octanol–water partition coefficient (Wildman–Crippen LogP) is 1.44. The molecule has 0 aliphatic rings. The maximum Gasteiger partial charge on any atom is 0.249 e. The standard InChI is InChI=1S/C13H17N3O4S2/c1-16(13-15-7-12(21-13)22(14,17)18)8-9-6-10(19-2)4-5-11(9)20-3/h4-7H,8H2,1-3H3,(H2,14,17,18). The Morgan fingerprint density at radius 3 is 2.59 bits per heavy atom. The highest BCUT2D eigenvalue weighted by molar-refractivity contribution is 7.91. The fraction of sp³-hybridized carbons (Fsp3) is 0.308. The number of benzene rings is 1. The maximum absolute atomic E-state index is 11.3. The van der Waals surface area contributed by atoms with Crippen molar-refractivity contribution >= 4 is 26.5 Å². The minimum atomic E-state index is -3.73. The van der Waals surface area contributed by atoms with Crippen molar-refractivity contribution in [3.8, 4) is 11.5 Å². The number of anilines is 1. The molecule has 9 heteroatoms. The van der Waals surface area contributed by atoms with Gasteiger partial charge in [0.25, 0.3) is 0 Å². The molecule has 0 aliphatic carbocycles. The first kappa shape index (κ1) is 16.5. The van der Waals surface area contributed by atoms with Crippen molar-refractivity contribution in [1.82, 2.24) is 4.98 Å². The second-order valence-corrected chi connectivity index (χ2v) is 7.34. The quantitative estimate of drug-likeness (QED) is 0.853. The molecule has 0 amide bonds. The Morgan fingerprint density at radius 1 is 1.32 bits per heavy atom. The van der Waals surface area contributed by atoms with Crippen LogP contribution in [-0.4, -0.2) is 34.7 Å². The Bertz CT molecular complexity index is 758. The highest BCUT2D eigenvalue weighted by atomic mass is 32.2. The molecule has 120 valence electrons. The number of nitrogens with two attached hydrogens (primary N) is 1. The van der Waals surface area contributed by atoms with Crippen LogP contribution >= 0.6 is 11.3 Å². The number of methoxy groups -OCH3 is 2. The normalized spacial score (nSPS) is 11.3.